The number of nitrogens with zero attached hydrogens (tertiary/aromatic N) is 1. The highest BCUT2D eigenvalue weighted by Gasteiger charge is 2.34. The summed E-state index contributed by atoms with van der Waals surface area (Å²) in [6.45, 7) is 0. The van der Waals surface area contributed by atoms with Gasteiger partial charge in [0.1, 0.15) is 6.04 Å². The lowest BCUT2D eigenvalue weighted by Crippen LogP contribution is -2.32. The van der Waals surface area contributed by atoms with E-state index in [0.717, 1.165) is 6.07 Å². The minimum absolute atomic E-state index is 0.0391. The number of hydrogen-bond donors (Lipinski definition) is 3. The minimum Gasteiger partial charge on any atom is -0.480 e. The number of carboxylic acids is 1. The van der Waals surface area contributed by atoms with Crippen LogP contribution in [0.1, 0.15) is 11.4 Å². The number of aliphatic carboxylic acids is 1. The third kappa shape index (κ3) is 2.94. The molecule has 0 radical (unpaired) electrons. The van der Waals surface area contributed by atoms with Crippen molar-refractivity contribution in [2.45, 2.75) is 18.6 Å². The van der Waals surface area contributed by atoms with Crippen LogP contribution >= 0.6 is 0 Å². The molecule has 0 aromatic carbocycles. The van der Waals surface area contributed by atoms with Crippen LogP contribution in [-0.4, -0.2) is 27.3 Å². The summed E-state index contributed by atoms with van der Waals surface area (Å²) >= 11 is 0. The van der Waals surface area contributed by atoms with Gasteiger partial charge in [-0.3, -0.25) is 9.89 Å². The Labute approximate surface area is 82.1 Å². The Morgan fingerprint density at radius 3 is 2.67 bits per heavy atom. The lowest BCUT2D eigenvalue weighted by atomic mass is 10.1. The average molecular weight is 223 g/mol. The Morgan fingerprint density at radius 1 is 1.67 bits per heavy atom. The lowest BCUT2D eigenvalue weighted by Gasteiger charge is -2.02. The molecule has 1 rings (SSSR count). The molecule has 0 saturated carbocycles. The summed E-state index contributed by atoms with van der Waals surface area (Å²) < 4.78 is 36.2. The van der Waals surface area contributed by atoms with E-state index in [0.29, 0.717) is 0 Å². The van der Waals surface area contributed by atoms with Crippen molar-refractivity contribution >= 4 is 5.97 Å². The van der Waals surface area contributed by atoms with Crippen molar-refractivity contribution in [3.63, 3.8) is 0 Å². The summed E-state index contributed by atoms with van der Waals surface area (Å²) in [6, 6.07) is -0.505. The number of carboxylic acid groups (broad SMARTS) is 1. The summed E-state index contributed by atoms with van der Waals surface area (Å²) in [4.78, 5) is 10.3. The van der Waals surface area contributed by atoms with Gasteiger partial charge in [-0.05, 0) is 6.07 Å². The fourth-order valence-electron chi connectivity index (χ4n) is 0.936. The second kappa shape index (κ2) is 3.89. The van der Waals surface area contributed by atoms with Crippen molar-refractivity contribution in [1.29, 1.82) is 0 Å². The zero-order valence-corrected chi connectivity index (χ0v) is 7.38. The van der Waals surface area contributed by atoms with Gasteiger partial charge >= 0.3 is 12.1 Å². The highest BCUT2D eigenvalue weighted by molar-refractivity contribution is 5.73. The summed E-state index contributed by atoms with van der Waals surface area (Å²) in [5, 5.41) is 13.5. The van der Waals surface area contributed by atoms with E-state index in [-0.39, 0.29) is 12.1 Å². The molecule has 0 aliphatic heterocycles. The lowest BCUT2D eigenvalue weighted by molar-refractivity contribution is -0.141. The van der Waals surface area contributed by atoms with Gasteiger partial charge in [-0.25, -0.2) is 0 Å². The van der Waals surface area contributed by atoms with Gasteiger partial charge in [0.2, 0.25) is 0 Å². The molecule has 0 spiro atoms. The third-order valence-electron chi connectivity index (χ3n) is 1.68. The Morgan fingerprint density at radius 2 is 2.27 bits per heavy atom. The van der Waals surface area contributed by atoms with E-state index in [1.165, 1.54) is 0 Å². The Balaban J connectivity index is 2.73. The number of aromatic amines is 1. The molecule has 0 aliphatic rings. The van der Waals surface area contributed by atoms with Crippen LogP contribution in [0, 0.1) is 0 Å². The molecule has 0 bridgehead atoms. The number of carbonyl (C=O) groups is 1. The van der Waals surface area contributed by atoms with Crippen LogP contribution in [0.2, 0.25) is 0 Å². The largest absolute Gasteiger partial charge is 0.480 e. The second-order valence-corrected chi connectivity index (χ2v) is 2.93. The van der Waals surface area contributed by atoms with Crippen LogP contribution in [0.25, 0.3) is 0 Å². The molecular formula is C7H8F3N3O2. The van der Waals surface area contributed by atoms with E-state index in [9.17, 15) is 18.0 Å². The SMILES string of the molecule is NC(Cc1cc(C(F)(F)F)n[nH]1)C(=O)O. The third-order valence-corrected chi connectivity index (χ3v) is 1.68. The zero-order valence-electron chi connectivity index (χ0n) is 7.38. The first-order valence-electron chi connectivity index (χ1n) is 3.90. The van der Waals surface area contributed by atoms with E-state index < -0.39 is 23.9 Å². The van der Waals surface area contributed by atoms with Gasteiger partial charge in [0.25, 0.3) is 0 Å². The molecule has 0 fully saturated rings. The summed E-state index contributed by atoms with van der Waals surface area (Å²) in [5.74, 6) is -1.28. The van der Waals surface area contributed by atoms with Crippen LogP contribution in [0.15, 0.2) is 6.07 Å². The number of hydrogen-bond acceptors (Lipinski definition) is 3. The molecule has 0 aliphatic carbocycles. The molecule has 1 aromatic rings. The maximum absolute atomic E-state index is 12.1. The molecule has 84 valence electrons. The van der Waals surface area contributed by atoms with Gasteiger partial charge in [0, 0.05) is 12.1 Å². The predicted molar refractivity (Wildman–Crippen MR) is 42.9 cm³/mol. The van der Waals surface area contributed by atoms with Crippen molar-refractivity contribution in [3.05, 3.63) is 17.5 Å². The monoisotopic (exact) mass is 223 g/mol. The number of aromatic nitrogens is 2. The number of H-pyrrole nitrogens is 1. The van der Waals surface area contributed by atoms with Crippen LogP contribution in [0.4, 0.5) is 13.2 Å². The average Bonchev–Trinajstić information content (AvgIpc) is 2.51. The number of halogens is 3. The van der Waals surface area contributed by atoms with Crippen LogP contribution in [-0.2, 0) is 17.4 Å². The molecule has 1 atom stereocenters. The molecule has 0 saturated heterocycles. The molecule has 0 amide bonds. The molecular weight excluding hydrogens is 215 g/mol. The zero-order chi connectivity index (χ0) is 11.6. The molecule has 1 heterocycles. The first-order chi connectivity index (χ1) is 6.80. The van der Waals surface area contributed by atoms with Crippen molar-refractivity contribution in [3.8, 4) is 0 Å². The molecule has 4 N–H and O–H groups in total. The Kier molecular flexibility index (Phi) is 2.98. The fraction of sp³-hybridized carbons (Fsp3) is 0.429. The first kappa shape index (κ1) is 11.5. The molecule has 5 nitrogen and oxygen atoms in total. The molecule has 8 heteroatoms. The van der Waals surface area contributed by atoms with E-state index in [1.807, 2.05) is 0 Å². The van der Waals surface area contributed by atoms with Gasteiger partial charge < -0.3 is 10.8 Å². The van der Waals surface area contributed by atoms with Crippen molar-refractivity contribution in [1.82, 2.24) is 10.2 Å². The highest BCUT2D eigenvalue weighted by Crippen LogP contribution is 2.27. The summed E-state index contributed by atoms with van der Waals surface area (Å²) in [7, 11) is 0. The maximum Gasteiger partial charge on any atom is 0.435 e. The molecule has 1 unspecified atom stereocenters. The summed E-state index contributed by atoms with van der Waals surface area (Å²) in [6.07, 6.45) is -4.76. The van der Waals surface area contributed by atoms with Gasteiger partial charge in [-0.15, -0.1) is 0 Å². The van der Waals surface area contributed by atoms with Crippen LogP contribution in [0.5, 0.6) is 0 Å². The van der Waals surface area contributed by atoms with Crippen molar-refractivity contribution in [2.24, 2.45) is 5.73 Å². The highest BCUT2D eigenvalue weighted by atomic mass is 19.4. The number of rotatable bonds is 3. The Hall–Kier alpha value is -1.57. The number of alkyl halides is 3. The van der Waals surface area contributed by atoms with E-state index >= 15 is 0 Å². The number of nitrogens with two attached hydrogens (primary N) is 1. The van der Waals surface area contributed by atoms with Gasteiger partial charge in [0.05, 0.1) is 0 Å². The minimum atomic E-state index is -4.54. The van der Waals surface area contributed by atoms with E-state index in [1.54, 1.807) is 0 Å². The topological polar surface area (TPSA) is 92.0 Å². The molecule has 1 aromatic heterocycles. The molecule has 15 heavy (non-hydrogen) atoms. The number of nitrogens with one attached hydrogen (secondary N) is 1. The van der Waals surface area contributed by atoms with E-state index in [4.69, 9.17) is 10.8 Å². The van der Waals surface area contributed by atoms with Crippen LogP contribution in [0.3, 0.4) is 0 Å². The van der Waals surface area contributed by atoms with Gasteiger partial charge in [-0.2, -0.15) is 18.3 Å². The Bertz CT molecular complexity index is 361. The van der Waals surface area contributed by atoms with Crippen molar-refractivity contribution < 1.29 is 23.1 Å². The second-order valence-electron chi connectivity index (χ2n) is 2.93. The quantitative estimate of drug-likeness (QED) is 0.690. The first-order valence-corrected chi connectivity index (χ1v) is 3.90. The fourth-order valence-corrected chi connectivity index (χ4v) is 0.936. The predicted octanol–water partition coefficient (Wildman–Crippen LogP) is 0.383. The van der Waals surface area contributed by atoms with Gasteiger partial charge in [-0.1, -0.05) is 0 Å². The summed E-state index contributed by atoms with van der Waals surface area (Å²) in [5.41, 5.74) is 4.09. The normalized spacial score (nSPS) is 13.9. The van der Waals surface area contributed by atoms with Gasteiger partial charge in [0.15, 0.2) is 5.69 Å². The van der Waals surface area contributed by atoms with Crippen molar-refractivity contribution in [2.75, 3.05) is 0 Å². The maximum atomic E-state index is 12.1. The smallest absolute Gasteiger partial charge is 0.435 e. The van der Waals surface area contributed by atoms with E-state index in [2.05, 4.69) is 10.2 Å². The van der Waals surface area contributed by atoms with Crippen LogP contribution < -0.4 is 5.73 Å². The standard InChI is InChI=1S/C7H8F3N3O2/c8-7(9,10)5-2-3(12-13-5)1-4(11)6(14)15/h2,4H,1,11H2,(H,12,13)(H,14,15).